The number of urea groups is 1. The smallest absolute Gasteiger partial charge is 0.334 e. The minimum atomic E-state index is -0.986. The second-order valence-corrected chi connectivity index (χ2v) is 6.02. The number of rotatable bonds is 1. The van der Waals surface area contributed by atoms with E-state index in [4.69, 9.17) is 9.84 Å². The molecule has 1 saturated carbocycles. The van der Waals surface area contributed by atoms with E-state index >= 15 is 0 Å². The van der Waals surface area contributed by atoms with E-state index in [1.54, 1.807) is 4.90 Å². The number of piperidine rings is 1. The van der Waals surface area contributed by atoms with E-state index in [9.17, 15) is 9.59 Å². The number of morpholine rings is 1. The number of carbonyl (C=O) groups is 2. The average Bonchev–Trinajstić information content (AvgIpc) is 2.95. The Hall–Kier alpha value is -1.30. The average molecular weight is 282 g/mol. The summed E-state index contributed by atoms with van der Waals surface area (Å²) in [6, 6.07) is 0.388. The van der Waals surface area contributed by atoms with Crippen molar-refractivity contribution in [3.63, 3.8) is 0 Å². The van der Waals surface area contributed by atoms with Crippen LogP contribution in [0.3, 0.4) is 0 Å². The van der Waals surface area contributed by atoms with E-state index < -0.39 is 12.1 Å². The van der Waals surface area contributed by atoms with E-state index in [1.165, 1.54) is 19.3 Å². The maximum Gasteiger partial charge on any atom is 0.334 e. The molecule has 1 N–H and O–H groups in total. The third-order valence-corrected chi connectivity index (χ3v) is 4.85. The van der Waals surface area contributed by atoms with Gasteiger partial charge in [-0.2, -0.15) is 0 Å². The first-order valence-corrected chi connectivity index (χ1v) is 7.57. The van der Waals surface area contributed by atoms with Gasteiger partial charge in [-0.15, -0.1) is 0 Å². The minimum absolute atomic E-state index is 0.0103. The van der Waals surface area contributed by atoms with Crippen LogP contribution in [0.25, 0.3) is 0 Å². The van der Waals surface area contributed by atoms with Gasteiger partial charge in [0.1, 0.15) is 0 Å². The molecule has 1 aliphatic carbocycles. The van der Waals surface area contributed by atoms with Gasteiger partial charge >= 0.3 is 12.0 Å². The Kier molecular flexibility index (Phi) is 3.83. The highest BCUT2D eigenvalue weighted by Gasteiger charge is 2.40. The first-order chi connectivity index (χ1) is 9.66. The van der Waals surface area contributed by atoms with Crippen molar-refractivity contribution in [1.82, 2.24) is 9.80 Å². The zero-order valence-electron chi connectivity index (χ0n) is 11.7. The van der Waals surface area contributed by atoms with Crippen LogP contribution in [0.1, 0.15) is 32.1 Å². The van der Waals surface area contributed by atoms with Crippen molar-refractivity contribution in [3.05, 3.63) is 0 Å². The monoisotopic (exact) mass is 282 g/mol. The summed E-state index contributed by atoms with van der Waals surface area (Å²) in [5, 5.41) is 9.02. The number of aliphatic carboxylic acids is 1. The van der Waals surface area contributed by atoms with E-state index in [0.29, 0.717) is 25.1 Å². The van der Waals surface area contributed by atoms with Crippen LogP contribution in [0.4, 0.5) is 4.79 Å². The Morgan fingerprint density at radius 2 is 1.90 bits per heavy atom. The predicted octanol–water partition coefficient (Wildman–Crippen LogP) is 1.16. The number of fused-ring (bicyclic) bond motifs is 1. The molecule has 0 aromatic carbocycles. The van der Waals surface area contributed by atoms with Crippen LogP contribution in [0, 0.1) is 5.92 Å². The summed E-state index contributed by atoms with van der Waals surface area (Å²) >= 11 is 0. The summed E-state index contributed by atoms with van der Waals surface area (Å²) in [6.45, 7) is 1.79. The summed E-state index contributed by atoms with van der Waals surface area (Å²) < 4.78 is 5.18. The van der Waals surface area contributed by atoms with Crippen molar-refractivity contribution in [2.45, 2.75) is 44.2 Å². The van der Waals surface area contributed by atoms with Crippen LogP contribution in [-0.2, 0) is 9.53 Å². The zero-order valence-corrected chi connectivity index (χ0v) is 11.7. The van der Waals surface area contributed by atoms with Gasteiger partial charge in [-0.1, -0.05) is 6.42 Å². The number of ether oxygens (including phenoxy) is 1. The molecule has 2 heterocycles. The molecular formula is C14H22N2O4. The number of carboxylic acids is 1. The number of amides is 2. The molecule has 0 aromatic rings. The first kappa shape index (κ1) is 13.7. The largest absolute Gasteiger partial charge is 0.479 e. The van der Waals surface area contributed by atoms with Gasteiger partial charge in [0, 0.05) is 19.1 Å². The lowest BCUT2D eigenvalue weighted by Gasteiger charge is -2.42. The molecule has 0 bridgehead atoms. The number of nitrogens with zero attached hydrogens (tertiary/aromatic N) is 2. The molecule has 3 rings (SSSR count). The Labute approximate surface area is 118 Å². The molecule has 6 heteroatoms. The van der Waals surface area contributed by atoms with Crippen molar-refractivity contribution < 1.29 is 19.4 Å². The fraction of sp³-hybridized carbons (Fsp3) is 0.857. The molecule has 0 radical (unpaired) electrons. The fourth-order valence-corrected chi connectivity index (χ4v) is 3.85. The zero-order chi connectivity index (χ0) is 14.1. The molecule has 112 valence electrons. The summed E-state index contributed by atoms with van der Waals surface area (Å²) in [5.74, 6) is -0.330. The van der Waals surface area contributed by atoms with Crippen LogP contribution in [-0.4, -0.2) is 65.3 Å². The normalized spacial score (nSPS) is 33.9. The third-order valence-electron chi connectivity index (χ3n) is 4.85. The lowest BCUT2D eigenvalue weighted by molar-refractivity contribution is -0.154. The van der Waals surface area contributed by atoms with Crippen LogP contribution in [0.5, 0.6) is 0 Å². The Morgan fingerprint density at radius 3 is 2.70 bits per heavy atom. The molecule has 6 nitrogen and oxygen atoms in total. The van der Waals surface area contributed by atoms with Gasteiger partial charge in [-0.3, -0.25) is 0 Å². The third kappa shape index (κ3) is 2.49. The summed E-state index contributed by atoms with van der Waals surface area (Å²) in [5.41, 5.74) is 0. The Balaban J connectivity index is 1.66. The van der Waals surface area contributed by atoms with E-state index in [0.717, 1.165) is 19.4 Å². The van der Waals surface area contributed by atoms with Crippen molar-refractivity contribution in [2.75, 3.05) is 26.2 Å². The summed E-state index contributed by atoms with van der Waals surface area (Å²) in [4.78, 5) is 27.3. The van der Waals surface area contributed by atoms with Gasteiger partial charge in [0.25, 0.3) is 0 Å². The number of carbonyl (C=O) groups excluding carboxylic acids is 1. The Bertz CT molecular complexity index is 401. The number of likely N-dealkylation sites (tertiary alicyclic amines) is 1. The highest BCUT2D eigenvalue weighted by atomic mass is 16.5. The molecular weight excluding hydrogens is 260 g/mol. The van der Waals surface area contributed by atoms with Gasteiger partial charge in [0.15, 0.2) is 6.10 Å². The topological polar surface area (TPSA) is 70.1 Å². The lowest BCUT2D eigenvalue weighted by Crippen LogP contribution is -2.56. The minimum Gasteiger partial charge on any atom is -0.479 e. The van der Waals surface area contributed by atoms with Gasteiger partial charge < -0.3 is 19.6 Å². The van der Waals surface area contributed by atoms with Gasteiger partial charge in [0.05, 0.1) is 13.2 Å². The van der Waals surface area contributed by atoms with E-state index in [1.807, 2.05) is 4.90 Å². The second kappa shape index (κ2) is 5.60. The predicted molar refractivity (Wildman–Crippen MR) is 71.4 cm³/mol. The van der Waals surface area contributed by atoms with Crippen molar-refractivity contribution >= 4 is 12.0 Å². The molecule has 20 heavy (non-hydrogen) atoms. The Morgan fingerprint density at radius 1 is 1.10 bits per heavy atom. The van der Waals surface area contributed by atoms with Crippen LogP contribution in [0.2, 0.25) is 0 Å². The second-order valence-electron chi connectivity index (χ2n) is 6.02. The summed E-state index contributed by atoms with van der Waals surface area (Å²) in [6.07, 6.45) is 4.96. The first-order valence-electron chi connectivity index (χ1n) is 7.57. The molecule has 0 aromatic heterocycles. The quantitative estimate of drug-likeness (QED) is 0.783. The van der Waals surface area contributed by atoms with Crippen molar-refractivity contribution in [2.24, 2.45) is 5.92 Å². The summed E-state index contributed by atoms with van der Waals surface area (Å²) in [7, 11) is 0. The van der Waals surface area contributed by atoms with Gasteiger partial charge in [0.2, 0.25) is 0 Å². The maximum absolute atomic E-state index is 12.7. The fourth-order valence-electron chi connectivity index (χ4n) is 3.85. The molecule has 3 fully saturated rings. The highest BCUT2D eigenvalue weighted by Crippen LogP contribution is 2.37. The molecule has 2 amide bonds. The van der Waals surface area contributed by atoms with Gasteiger partial charge in [-0.25, -0.2) is 9.59 Å². The number of carboxylic acid groups (broad SMARTS) is 1. The molecule has 2 saturated heterocycles. The molecule has 3 unspecified atom stereocenters. The standard InChI is InChI=1S/C14H22N2O4/c17-13(18)12-9-15(7-8-20-12)14(19)16-6-2-4-10-3-1-5-11(10)16/h10-12H,1-9H2,(H,17,18). The molecule has 2 aliphatic heterocycles. The van der Waals surface area contributed by atoms with E-state index in [-0.39, 0.29) is 12.6 Å². The lowest BCUT2D eigenvalue weighted by atomic mass is 9.92. The van der Waals surface area contributed by atoms with Crippen LogP contribution < -0.4 is 0 Å². The number of hydrogen-bond acceptors (Lipinski definition) is 3. The molecule has 3 atom stereocenters. The highest BCUT2D eigenvalue weighted by molar-refractivity contribution is 5.78. The molecule has 0 spiro atoms. The van der Waals surface area contributed by atoms with Crippen molar-refractivity contribution in [3.8, 4) is 0 Å². The van der Waals surface area contributed by atoms with Crippen LogP contribution >= 0.6 is 0 Å². The molecule has 3 aliphatic rings. The van der Waals surface area contributed by atoms with Crippen molar-refractivity contribution in [1.29, 1.82) is 0 Å². The maximum atomic E-state index is 12.7. The van der Waals surface area contributed by atoms with Crippen LogP contribution in [0.15, 0.2) is 0 Å². The SMILES string of the molecule is O=C(O)C1CN(C(=O)N2CCCC3CCCC32)CCO1. The van der Waals surface area contributed by atoms with E-state index in [2.05, 4.69) is 0 Å². The number of hydrogen-bond donors (Lipinski definition) is 1. The van der Waals surface area contributed by atoms with Gasteiger partial charge in [-0.05, 0) is 31.6 Å².